The van der Waals surface area contributed by atoms with Crippen LogP contribution in [-0.4, -0.2) is 71.6 Å². The van der Waals surface area contributed by atoms with Gasteiger partial charge in [-0.15, -0.1) is 0 Å². The van der Waals surface area contributed by atoms with E-state index in [-0.39, 0.29) is 25.4 Å². The maximum Gasteiger partial charge on any atom is 0.508 e. The second kappa shape index (κ2) is 11.3. The maximum atomic E-state index is 10.8. The van der Waals surface area contributed by atoms with E-state index >= 15 is 0 Å². The van der Waals surface area contributed by atoms with Crippen LogP contribution in [0.4, 0.5) is 4.79 Å². The van der Waals surface area contributed by atoms with Crippen molar-refractivity contribution < 1.29 is 38.0 Å². The van der Waals surface area contributed by atoms with Crippen LogP contribution in [0.3, 0.4) is 0 Å². The molecule has 0 spiro atoms. The molecule has 0 aromatic rings. The van der Waals surface area contributed by atoms with Gasteiger partial charge in [-0.25, -0.2) is 4.79 Å². The highest BCUT2D eigenvalue weighted by atomic mass is 16.8. The lowest BCUT2D eigenvalue weighted by Crippen LogP contribution is -2.27. The number of methoxy groups -OCH3 is 1. The molecule has 2 atom stereocenters. The first kappa shape index (κ1) is 19.9. The van der Waals surface area contributed by atoms with Crippen LogP contribution in [0, 0.1) is 11.8 Å². The highest BCUT2D eigenvalue weighted by molar-refractivity contribution is 5.61. The molecule has 25 heavy (non-hydrogen) atoms. The van der Waals surface area contributed by atoms with E-state index in [0.29, 0.717) is 44.7 Å². The molecule has 8 heteroatoms. The number of hydrogen-bond donors (Lipinski definition) is 0. The van der Waals surface area contributed by atoms with Gasteiger partial charge in [-0.1, -0.05) is 0 Å². The molecule has 0 bridgehead atoms. The Kier molecular flexibility index (Phi) is 8.99. The summed E-state index contributed by atoms with van der Waals surface area (Å²) >= 11 is 0. The van der Waals surface area contributed by atoms with Crippen LogP contribution < -0.4 is 0 Å². The Hall–Kier alpha value is -1.38. The topological polar surface area (TPSA) is 89.5 Å². The number of hydrogen-bond acceptors (Lipinski definition) is 8. The Bertz CT molecular complexity index is 394. The Labute approximate surface area is 148 Å². The Morgan fingerprint density at radius 3 is 2.32 bits per heavy atom. The largest absolute Gasteiger partial charge is 0.508 e. The van der Waals surface area contributed by atoms with Gasteiger partial charge < -0.3 is 28.4 Å². The van der Waals surface area contributed by atoms with Gasteiger partial charge in [0.15, 0.2) is 6.10 Å². The van der Waals surface area contributed by atoms with Crippen molar-refractivity contribution in [2.45, 2.75) is 37.9 Å². The number of rotatable bonds is 12. The van der Waals surface area contributed by atoms with Gasteiger partial charge >= 0.3 is 6.16 Å². The van der Waals surface area contributed by atoms with Crippen LogP contribution >= 0.6 is 0 Å². The molecule has 2 unspecified atom stereocenters. The fraction of sp³-hybridized carbons (Fsp3) is 0.882. The molecule has 1 heterocycles. The van der Waals surface area contributed by atoms with Crippen LogP contribution in [-0.2, 0) is 33.2 Å². The highest BCUT2D eigenvalue weighted by Crippen LogP contribution is 2.29. The molecule has 0 N–H and O–H groups in total. The van der Waals surface area contributed by atoms with Gasteiger partial charge in [0, 0.05) is 20.3 Å². The molecule has 8 nitrogen and oxygen atoms in total. The lowest BCUT2D eigenvalue weighted by atomic mass is 9.83. The standard InChI is InChI=1S/C17H28O8/c1-20-15(9-23-12-18)8-21-6-13-2-4-14(5-3-13)7-22-10-16-11-24-17(19)25-16/h12-16H,2-11H2,1H3. The van der Waals surface area contributed by atoms with E-state index in [1.807, 2.05) is 0 Å². The van der Waals surface area contributed by atoms with Gasteiger partial charge in [-0.3, -0.25) is 4.79 Å². The third-order valence-electron chi connectivity index (χ3n) is 4.61. The molecule has 1 saturated heterocycles. The van der Waals surface area contributed by atoms with Crippen molar-refractivity contribution in [3.05, 3.63) is 0 Å². The summed E-state index contributed by atoms with van der Waals surface area (Å²) < 4.78 is 30.9. The molecule has 0 aromatic carbocycles. The van der Waals surface area contributed by atoms with Crippen molar-refractivity contribution in [3.63, 3.8) is 0 Å². The van der Waals surface area contributed by atoms with E-state index in [1.54, 1.807) is 7.11 Å². The van der Waals surface area contributed by atoms with E-state index < -0.39 is 6.16 Å². The summed E-state index contributed by atoms with van der Waals surface area (Å²) in [6.07, 6.45) is 3.34. The average Bonchev–Trinajstić information content (AvgIpc) is 3.04. The molecule has 144 valence electrons. The molecule has 1 aliphatic carbocycles. The molecule has 1 saturated carbocycles. The van der Waals surface area contributed by atoms with Crippen molar-refractivity contribution in [1.82, 2.24) is 0 Å². The third kappa shape index (κ3) is 7.58. The van der Waals surface area contributed by atoms with E-state index in [4.69, 9.17) is 23.7 Å². The van der Waals surface area contributed by atoms with Crippen molar-refractivity contribution in [2.75, 3.05) is 46.8 Å². The SMILES string of the molecule is COC(COC=O)COCC1CCC(COCC2COC(=O)O2)CC1. The fourth-order valence-electron chi connectivity index (χ4n) is 3.08. The normalized spacial score (nSPS) is 27.4. The summed E-state index contributed by atoms with van der Waals surface area (Å²) in [5.41, 5.74) is 0. The molecule has 0 amide bonds. The number of ether oxygens (including phenoxy) is 6. The van der Waals surface area contributed by atoms with Gasteiger partial charge in [0.25, 0.3) is 6.47 Å². The van der Waals surface area contributed by atoms with Gasteiger partial charge in [0.2, 0.25) is 0 Å². The van der Waals surface area contributed by atoms with Crippen molar-refractivity contribution >= 4 is 12.6 Å². The van der Waals surface area contributed by atoms with Crippen molar-refractivity contribution in [1.29, 1.82) is 0 Å². The Balaban J connectivity index is 1.49. The zero-order chi connectivity index (χ0) is 17.9. The molecule has 1 aliphatic heterocycles. The van der Waals surface area contributed by atoms with E-state index in [1.165, 1.54) is 0 Å². The molecule has 2 rings (SSSR count). The fourth-order valence-corrected chi connectivity index (χ4v) is 3.08. The highest BCUT2D eigenvalue weighted by Gasteiger charge is 2.26. The summed E-state index contributed by atoms with van der Waals surface area (Å²) in [4.78, 5) is 21.0. The van der Waals surface area contributed by atoms with Gasteiger partial charge in [-0.2, -0.15) is 0 Å². The first-order chi connectivity index (χ1) is 12.2. The van der Waals surface area contributed by atoms with Crippen LogP contribution in [0.25, 0.3) is 0 Å². The quantitative estimate of drug-likeness (QED) is 0.382. The number of carbonyl (C=O) groups is 2. The third-order valence-corrected chi connectivity index (χ3v) is 4.61. The lowest BCUT2D eigenvalue weighted by molar-refractivity contribution is -0.134. The van der Waals surface area contributed by atoms with Crippen molar-refractivity contribution in [3.8, 4) is 0 Å². The zero-order valence-corrected chi connectivity index (χ0v) is 14.7. The molecule has 0 aromatic heterocycles. The van der Waals surface area contributed by atoms with Crippen LogP contribution in [0.1, 0.15) is 25.7 Å². The second-order valence-electron chi connectivity index (χ2n) is 6.55. The van der Waals surface area contributed by atoms with E-state index in [0.717, 1.165) is 25.7 Å². The molecule has 0 radical (unpaired) electrons. The maximum absolute atomic E-state index is 10.8. The Morgan fingerprint density at radius 1 is 1.08 bits per heavy atom. The minimum atomic E-state index is -0.609. The lowest BCUT2D eigenvalue weighted by Gasteiger charge is -2.28. The molecule has 2 aliphatic rings. The van der Waals surface area contributed by atoms with Gasteiger partial charge in [0.1, 0.15) is 19.3 Å². The molecule has 2 fully saturated rings. The molecular formula is C17H28O8. The second-order valence-corrected chi connectivity index (χ2v) is 6.55. The smallest absolute Gasteiger partial charge is 0.465 e. The summed E-state index contributed by atoms with van der Waals surface area (Å²) in [6.45, 7) is 3.12. The van der Waals surface area contributed by atoms with Crippen LogP contribution in [0.5, 0.6) is 0 Å². The Morgan fingerprint density at radius 2 is 1.76 bits per heavy atom. The first-order valence-electron chi connectivity index (χ1n) is 8.78. The van der Waals surface area contributed by atoms with E-state index in [9.17, 15) is 9.59 Å². The van der Waals surface area contributed by atoms with Gasteiger partial charge in [0.05, 0.1) is 13.2 Å². The number of carbonyl (C=O) groups excluding carboxylic acids is 2. The minimum absolute atomic E-state index is 0.214. The summed E-state index contributed by atoms with van der Waals surface area (Å²) in [5.74, 6) is 1.09. The summed E-state index contributed by atoms with van der Waals surface area (Å²) in [7, 11) is 1.58. The summed E-state index contributed by atoms with van der Waals surface area (Å²) in [5, 5.41) is 0. The van der Waals surface area contributed by atoms with Crippen molar-refractivity contribution in [2.24, 2.45) is 11.8 Å². The predicted octanol–water partition coefficient (Wildman–Crippen LogP) is 1.55. The summed E-state index contributed by atoms with van der Waals surface area (Å²) in [6, 6.07) is 0. The van der Waals surface area contributed by atoms with Gasteiger partial charge in [-0.05, 0) is 37.5 Å². The first-order valence-corrected chi connectivity index (χ1v) is 8.78. The van der Waals surface area contributed by atoms with Crippen LogP contribution in [0.2, 0.25) is 0 Å². The monoisotopic (exact) mass is 360 g/mol. The average molecular weight is 360 g/mol. The van der Waals surface area contributed by atoms with Crippen LogP contribution in [0.15, 0.2) is 0 Å². The zero-order valence-electron chi connectivity index (χ0n) is 14.7. The molecular weight excluding hydrogens is 332 g/mol. The minimum Gasteiger partial charge on any atom is -0.465 e. The number of cyclic esters (lactones) is 2. The van der Waals surface area contributed by atoms with E-state index in [2.05, 4.69) is 4.74 Å². The predicted molar refractivity (Wildman–Crippen MR) is 86.1 cm³/mol.